The number of hydrogen-bond acceptors (Lipinski definition) is 4. The lowest BCUT2D eigenvalue weighted by Crippen LogP contribution is -2.55. The molecule has 2 atom stereocenters. The minimum atomic E-state index is -0.585. The molecule has 0 aromatic carbocycles. The normalized spacial score (nSPS) is 27.1. The summed E-state index contributed by atoms with van der Waals surface area (Å²) in [6, 6.07) is 1.86. The summed E-state index contributed by atoms with van der Waals surface area (Å²) in [5, 5.41) is 20.6. The van der Waals surface area contributed by atoms with Crippen LogP contribution in [0.4, 0.5) is 0 Å². The van der Waals surface area contributed by atoms with Crippen molar-refractivity contribution >= 4 is 18.3 Å². The third kappa shape index (κ3) is 3.29. The van der Waals surface area contributed by atoms with Gasteiger partial charge in [-0.3, -0.25) is 9.48 Å². The van der Waals surface area contributed by atoms with Gasteiger partial charge in [-0.25, -0.2) is 0 Å². The summed E-state index contributed by atoms with van der Waals surface area (Å²) in [4.78, 5) is 12.8. The number of carbonyl (C=O) groups excluding carboxylic acids is 1. The van der Waals surface area contributed by atoms with Crippen LogP contribution in [0.5, 0.6) is 0 Å². The van der Waals surface area contributed by atoms with Gasteiger partial charge >= 0.3 is 0 Å². The van der Waals surface area contributed by atoms with Gasteiger partial charge in [-0.1, -0.05) is 6.42 Å². The smallest absolute Gasteiger partial charge is 0.248 e. The van der Waals surface area contributed by atoms with Crippen molar-refractivity contribution in [2.75, 3.05) is 19.6 Å². The van der Waals surface area contributed by atoms with Crippen LogP contribution in [-0.4, -0.2) is 46.5 Å². The maximum atomic E-state index is 12.8. The number of amides is 1. The van der Waals surface area contributed by atoms with E-state index in [0.29, 0.717) is 6.54 Å². The van der Waals surface area contributed by atoms with E-state index >= 15 is 0 Å². The molecule has 1 aliphatic carbocycles. The minimum Gasteiger partial charge on any atom is -0.393 e. The van der Waals surface area contributed by atoms with E-state index in [0.717, 1.165) is 45.2 Å². The van der Waals surface area contributed by atoms with E-state index in [1.54, 1.807) is 10.9 Å². The molecular weight excluding hydrogens is 304 g/mol. The molecule has 2 aliphatic rings. The molecule has 7 heteroatoms. The molecule has 1 amide bonds. The third-order valence-corrected chi connectivity index (χ3v) is 4.94. The zero-order valence-corrected chi connectivity index (χ0v) is 13.5. The van der Waals surface area contributed by atoms with Gasteiger partial charge in [0.15, 0.2) is 0 Å². The van der Waals surface area contributed by atoms with Crippen LogP contribution in [0.2, 0.25) is 0 Å². The molecule has 1 saturated heterocycles. The van der Waals surface area contributed by atoms with Crippen LogP contribution >= 0.6 is 12.4 Å². The first-order valence-corrected chi connectivity index (χ1v) is 7.89. The van der Waals surface area contributed by atoms with Crippen molar-refractivity contribution in [3.63, 3.8) is 0 Å². The summed E-state index contributed by atoms with van der Waals surface area (Å²) in [7, 11) is 0. The molecule has 3 rings (SSSR count). The summed E-state index contributed by atoms with van der Waals surface area (Å²) in [6.45, 7) is 2.20. The topological polar surface area (TPSA) is 79.2 Å². The Bertz CT molecular complexity index is 474. The number of carbonyl (C=O) groups is 1. The average molecular weight is 329 g/mol. The molecule has 2 fully saturated rings. The molecule has 6 nitrogen and oxygen atoms in total. The van der Waals surface area contributed by atoms with Gasteiger partial charge in [0.1, 0.15) is 5.54 Å². The summed E-state index contributed by atoms with van der Waals surface area (Å²) in [5.41, 5.74) is -0.585. The molecular formula is C15H25ClN4O2. The monoisotopic (exact) mass is 328 g/mol. The number of rotatable bonds is 4. The molecule has 3 N–H and O–H groups in total. The van der Waals surface area contributed by atoms with E-state index in [1.807, 2.05) is 12.3 Å². The Hall–Kier alpha value is -1.11. The van der Waals surface area contributed by atoms with E-state index in [2.05, 4.69) is 15.7 Å². The van der Waals surface area contributed by atoms with Crippen molar-refractivity contribution in [1.29, 1.82) is 0 Å². The quantitative estimate of drug-likeness (QED) is 0.758. The van der Waals surface area contributed by atoms with E-state index in [9.17, 15) is 9.90 Å². The number of halogens is 1. The molecule has 0 bridgehead atoms. The van der Waals surface area contributed by atoms with Crippen LogP contribution in [0.1, 0.15) is 32.1 Å². The Kier molecular flexibility index (Phi) is 5.83. The lowest BCUT2D eigenvalue weighted by molar-refractivity contribution is -0.132. The summed E-state index contributed by atoms with van der Waals surface area (Å²) < 4.78 is 1.80. The highest BCUT2D eigenvalue weighted by atomic mass is 35.5. The lowest BCUT2D eigenvalue weighted by atomic mass is 9.87. The molecule has 2 heterocycles. The minimum absolute atomic E-state index is 0. The van der Waals surface area contributed by atoms with Crippen molar-refractivity contribution in [1.82, 2.24) is 20.4 Å². The summed E-state index contributed by atoms with van der Waals surface area (Å²) in [6.07, 6.45) is 7.72. The van der Waals surface area contributed by atoms with E-state index in [4.69, 9.17) is 0 Å². The van der Waals surface area contributed by atoms with Gasteiger partial charge in [-0.05, 0) is 44.8 Å². The summed E-state index contributed by atoms with van der Waals surface area (Å²) >= 11 is 0. The second-order valence-electron chi connectivity index (χ2n) is 6.20. The maximum absolute atomic E-state index is 12.8. The third-order valence-electron chi connectivity index (χ3n) is 4.94. The molecule has 2 unspecified atom stereocenters. The first kappa shape index (κ1) is 17.2. The highest BCUT2D eigenvalue weighted by Crippen LogP contribution is 2.28. The van der Waals surface area contributed by atoms with Crippen molar-refractivity contribution in [3.05, 3.63) is 18.5 Å². The zero-order valence-electron chi connectivity index (χ0n) is 12.7. The Balaban J connectivity index is 0.00000176. The molecule has 1 saturated carbocycles. The molecule has 1 aromatic heterocycles. The first-order chi connectivity index (χ1) is 10.2. The molecule has 0 spiro atoms. The highest BCUT2D eigenvalue weighted by molar-refractivity contribution is 5.85. The average Bonchev–Trinajstić information content (AvgIpc) is 3.17. The van der Waals surface area contributed by atoms with Crippen LogP contribution in [0, 0.1) is 5.92 Å². The van der Waals surface area contributed by atoms with Crippen molar-refractivity contribution in [3.8, 4) is 0 Å². The van der Waals surface area contributed by atoms with Crippen LogP contribution in [0.25, 0.3) is 0 Å². The number of nitrogens with zero attached hydrogens (tertiary/aromatic N) is 2. The van der Waals surface area contributed by atoms with Gasteiger partial charge in [0.25, 0.3) is 0 Å². The number of nitrogens with one attached hydrogen (secondary N) is 2. The molecule has 22 heavy (non-hydrogen) atoms. The molecule has 1 aliphatic heterocycles. The second kappa shape index (κ2) is 7.44. The van der Waals surface area contributed by atoms with Gasteiger partial charge in [-0.2, -0.15) is 5.10 Å². The number of piperidine rings is 1. The molecule has 0 radical (unpaired) electrons. The molecule has 1 aromatic rings. The number of aliphatic hydroxyl groups excluding tert-OH is 1. The van der Waals surface area contributed by atoms with Crippen LogP contribution in [0.3, 0.4) is 0 Å². The fraction of sp³-hybridized carbons (Fsp3) is 0.733. The number of aromatic nitrogens is 2. The van der Waals surface area contributed by atoms with Crippen LogP contribution in [0.15, 0.2) is 18.5 Å². The van der Waals surface area contributed by atoms with Crippen LogP contribution < -0.4 is 10.6 Å². The van der Waals surface area contributed by atoms with Crippen molar-refractivity contribution in [2.45, 2.75) is 43.7 Å². The van der Waals surface area contributed by atoms with E-state index in [1.165, 1.54) is 0 Å². The first-order valence-electron chi connectivity index (χ1n) is 7.89. The second-order valence-corrected chi connectivity index (χ2v) is 6.20. The predicted octanol–water partition coefficient (Wildman–Crippen LogP) is 0.661. The predicted molar refractivity (Wildman–Crippen MR) is 85.9 cm³/mol. The Morgan fingerprint density at radius 1 is 1.41 bits per heavy atom. The Morgan fingerprint density at radius 3 is 2.77 bits per heavy atom. The van der Waals surface area contributed by atoms with Gasteiger partial charge in [0.2, 0.25) is 5.91 Å². The Labute approximate surface area is 137 Å². The van der Waals surface area contributed by atoms with E-state index in [-0.39, 0.29) is 30.3 Å². The van der Waals surface area contributed by atoms with E-state index < -0.39 is 5.54 Å². The standard InChI is InChI=1S/C15H24N4O2.ClH/c20-13-4-1-3-12(13)11-17-14(21)15(5-8-16-9-6-15)19-10-2-7-18-19;/h2,7,10,12-13,16,20H,1,3-6,8-9,11H2,(H,17,21);1H. The van der Waals surface area contributed by atoms with Gasteiger partial charge in [-0.15, -0.1) is 12.4 Å². The fourth-order valence-electron chi connectivity index (χ4n) is 3.57. The zero-order chi connectivity index (χ0) is 14.7. The highest BCUT2D eigenvalue weighted by Gasteiger charge is 2.42. The van der Waals surface area contributed by atoms with Gasteiger partial charge in [0, 0.05) is 24.9 Å². The fourth-order valence-corrected chi connectivity index (χ4v) is 3.57. The number of aliphatic hydroxyl groups is 1. The number of hydrogen-bond donors (Lipinski definition) is 3. The maximum Gasteiger partial charge on any atom is 0.248 e. The van der Waals surface area contributed by atoms with Gasteiger partial charge in [0.05, 0.1) is 6.10 Å². The Morgan fingerprint density at radius 2 is 2.18 bits per heavy atom. The largest absolute Gasteiger partial charge is 0.393 e. The molecule has 124 valence electrons. The summed E-state index contributed by atoms with van der Waals surface area (Å²) in [5.74, 6) is 0.233. The van der Waals surface area contributed by atoms with Crippen molar-refractivity contribution in [2.24, 2.45) is 5.92 Å². The van der Waals surface area contributed by atoms with Crippen molar-refractivity contribution < 1.29 is 9.90 Å². The SMILES string of the molecule is Cl.O=C(NCC1CCCC1O)C1(n2cccn2)CCNCC1. The van der Waals surface area contributed by atoms with Crippen LogP contribution in [-0.2, 0) is 10.3 Å². The lowest BCUT2D eigenvalue weighted by Gasteiger charge is -2.36. The van der Waals surface area contributed by atoms with Gasteiger partial charge < -0.3 is 15.7 Å².